The molecule has 96 valence electrons. The van der Waals surface area contributed by atoms with Crippen molar-refractivity contribution in [3.63, 3.8) is 0 Å². The molecule has 0 saturated heterocycles. The first-order valence-electron chi connectivity index (χ1n) is 5.06. The van der Waals surface area contributed by atoms with Crippen molar-refractivity contribution in [1.82, 2.24) is 29.5 Å². The number of rotatable bonds is 2. The molecular formula is C9H7ClN8S. The maximum atomic E-state index is 5.91. The van der Waals surface area contributed by atoms with Crippen molar-refractivity contribution < 1.29 is 0 Å². The second-order valence-electron chi connectivity index (χ2n) is 3.49. The standard InChI is InChI=1S/C9H7ClN8S/c10-4-1-7(18-8(15-4)13-3-14-18)19-9-16-5(11)2-6(12)17-9/h1-3H,(H4,11,12,16,17). The van der Waals surface area contributed by atoms with Gasteiger partial charge < -0.3 is 11.5 Å². The van der Waals surface area contributed by atoms with E-state index >= 15 is 0 Å². The highest BCUT2D eigenvalue weighted by Gasteiger charge is 2.10. The van der Waals surface area contributed by atoms with Gasteiger partial charge in [0.1, 0.15) is 28.1 Å². The van der Waals surface area contributed by atoms with Crippen LogP contribution in [0.25, 0.3) is 5.78 Å². The highest BCUT2D eigenvalue weighted by molar-refractivity contribution is 7.99. The monoisotopic (exact) mass is 294 g/mol. The van der Waals surface area contributed by atoms with Crippen molar-refractivity contribution in [2.75, 3.05) is 11.5 Å². The molecule has 4 N–H and O–H groups in total. The van der Waals surface area contributed by atoms with Crippen LogP contribution in [-0.2, 0) is 0 Å². The van der Waals surface area contributed by atoms with Crippen molar-refractivity contribution in [3.05, 3.63) is 23.6 Å². The molecule has 0 amide bonds. The molecule has 0 aliphatic carbocycles. The number of anilines is 2. The molecule has 3 rings (SSSR count). The van der Waals surface area contributed by atoms with Gasteiger partial charge in [0, 0.05) is 12.1 Å². The summed E-state index contributed by atoms with van der Waals surface area (Å²) in [5, 5.41) is 5.42. The van der Waals surface area contributed by atoms with Gasteiger partial charge in [-0.05, 0) is 11.8 Å². The number of nitrogen functional groups attached to an aromatic ring is 2. The van der Waals surface area contributed by atoms with Crippen molar-refractivity contribution in [1.29, 1.82) is 0 Å². The molecular weight excluding hydrogens is 288 g/mol. The Morgan fingerprint density at radius 1 is 1.11 bits per heavy atom. The van der Waals surface area contributed by atoms with Gasteiger partial charge in [-0.3, -0.25) is 0 Å². The Bertz CT molecular complexity index is 737. The maximum absolute atomic E-state index is 5.91. The summed E-state index contributed by atoms with van der Waals surface area (Å²) in [6, 6.07) is 3.12. The van der Waals surface area contributed by atoms with Crippen LogP contribution in [0, 0.1) is 0 Å². The van der Waals surface area contributed by atoms with Crippen molar-refractivity contribution >= 4 is 40.8 Å². The van der Waals surface area contributed by atoms with E-state index in [0.717, 1.165) is 0 Å². The van der Waals surface area contributed by atoms with E-state index < -0.39 is 0 Å². The van der Waals surface area contributed by atoms with Crippen molar-refractivity contribution in [2.24, 2.45) is 0 Å². The van der Waals surface area contributed by atoms with Gasteiger partial charge in [0.05, 0.1) is 0 Å². The molecule has 0 bridgehead atoms. The molecule has 0 aromatic carbocycles. The van der Waals surface area contributed by atoms with Crippen LogP contribution in [0.5, 0.6) is 0 Å². The molecule has 0 aliphatic heterocycles. The summed E-state index contributed by atoms with van der Waals surface area (Å²) in [6.45, 7) is 0. The fourth-order valence-electron chi connectivity index (χ4n) is 1.43. The van der Waals surface area contributed by atoms with Crippen molar-refractivity contribution in [2.45, 2.75) is 10.2 Å². The molecule has 0 aliphatic rings. The number of nitrogens with zero attached hydrogens (tertiary/aromatic N) is 6. The van der Waals surface area contributed by atoms with Crippen LogP contribution in [0.2, 0.25) is 5.15 Å². The third-order valence-electron chi connectivity index (χ3n) is 2.13. The lowest BCUT2D eigenvalue weighted by atomic mass is 10.5. The van der Waals surface area contributed by atoms with E-state index in [1.165, 1.54) is 28.7 Å². The summed E-state index contributed by atoms with van der Waals surface area (Å²) in [5.41, 5.74) is 11.2. The summed E-state index contributed by atoms with van der Waals surface area (Å²) in [6.07, 6.45) is 1.39. The average molecular weight is 295 g/mol. The van der Waals surface area contributed by atoms with Crippen molar-refractivity contribution in [3.8, 4) is 0 Å². The molecule has 3 aromatic heterocycles. The van der Waals surface area contributed by atoms with Gasteiger partial charge in [0.15, 0.2) is 5.16 Å². The minimum Gasteiger partial charge on any atom is -0.383 e. The lowest BCUT2D eigenvalue weighted by Crippen LogP contribution is -2.01. The Morgan fingerprint density at radius 2 is 1.84 bits per heavy atom. The predicted octanol–water partition coefficient (Wildman–Crippen LogP) is 0.883. The van der Waals surface area contributed by atoms with Crippen LogP contribution in [0.1, 0.15) is 0 Å². The fraction of sp³-hybridized carbons (Fsp3) is 0. The normalized spacial score (nSPS) is 11.0. The number of nitrogens with two attached hydrogens (primary N) is 2. The zero-order chi connectivity index (χ0) is 13.4. The smallest absolute Gasteiger partial charge is 0.254 e. The SMILES string of the molecule is Nc1cc(N)nc(Sc2cc(Cl)nc3ncnn23)n1. The number of hydrogen-bond donors (Lipinski definition) is 2. The van der Waals surface area contributed by atoms with Gasteiger partial charge in [-0.25, -0.2) is 9.97 Å². The minimum atomic E-state index is 0.296. The first kappa shape index (κ1) is 11.9. The number of aromatic nitrogens is 6. The van der Waals surface area contributed by atoms with E-state index in [2.05, 4.69) is 25.0 Å². The molecule has 0 spiro atoms. The molecule has 3 aromatic rings. The zero-order valence-electron chi connectivity index (χ0n) is 9.36. The summed E-state index contributed by atoms with van der Waals surface area (Å²) in [7, 11) is 0. The molecule has 0 radical (unpaired) electrons. The Hall–Kier alpha value is -2.13. The van der Waals surface area contributed by atoms with Gasteiger partial charge in [0.25, 0.3) is 5.78 Å². The summed E-state index contributed by atoms with van der Waals surface area (Å²) in [4.78, 5) is 16.1. The summed E-state index contributed by atoms with van der Waals surface area (Å²) < 4.78 is 1.53. The van der Waals surface area contributed by atoms with Crippen LogP contribution in [0.4, 0.5) is 11.6 Å². The minimum absolute atomic E-state index is 0.296. The summed E-state index contributed by atoms with van der Waals surface area (Å²) >= 11 is 7.13. The van der Waals surface area contributed by atoms with Gasteiger partial charge in [-0.15, -0.1) is 0 Å². The number of halogens is 1. The van der Waals surface area contributed by atoms with E-state index in [9.17, 15) is 0 Å². The first-order chi connectivity index (χ1) is 9.11. The largest absolute Gasteiger partial charge is 0.383 e. The van der Waals surface area contributed by atoms with E-state index in [1.807, 2.05) is 0 Å². The molecule has 19 heavy (non-hydrogen) atoms. The molecule has 10 heteroatoms. The quantitative estimate of drug-likeness (QED) is 0.528. The lowest BCUT2D eigenvalue weighted by molar-refractivity contribution is 0.837. The highest BCUT2D eigenvalue weighted by atomic mass is 35.5. The Morgan fingerprint density at radius 3 is 2.58 bits per heavy atom. The fourth-order valence-corrected chi connectivity index (χ4v) is 2.55. The lowest BCUT2D eigenvalue weighted by Gasteiger charge is -2.04. The van der Waals surface area contributed by atoms with Gasteiger partial charge in [-0.2, -0.15) is 19.6 Å². The first-order valence-corrected chi connectivity index (χ1v) is 6.25. The number of fused-ring (bicyclic) bond motifs is 1. The summed E-state index contributed by atoms with van der Waals surface area (Å²) in [5.74, 6) is 0.988. The second kappa shape index (κ2) is 4.52. The average Bonchev–Trinajstić information content (AvgIpc) is 2.75. The third kappa shape index (κ3) is 2.37. The van der Waals surface area contributed by atoms with Gasteiger partial charge >= 0.3 is 0 Å². The Kier molecular flexibility index (Phi) is 2.84. The highest BCUT2D eigenvalue weighted by Crippen LogP contribution is 2.27. The van der Waals surface area contributed by atoms with Crippen LogP contribution < -0.4 is 11.5 Å². The van der Waals surface area contributed by atoms with Crippen LogP contribution in [-0.4, -0.2) is 29.5 Å². The molecule has 0 saturated carbocycles. The van der Waals surface area contributed by atoms with Crippen LogP contribution in [0.15, 0.2) is 28.6 Å². The van der Waals surface area contributed by atoms with E-state index in [-0.39, 0.29) is 0 Å². The molecule has 8 nitrogen and oxygen atoms in total. The molecule has 0 fully saturated rings. The number of hydrogen-bond acceptors (Lipinski definition) is 8. The van der Waals surface area contributed by atoms with Crippen LogP contribution in [0.3, 0.4) is 0 Å². The van der Waals surface area contributed by atoms with E-state index in [1.54, 1.807) is 6.07 Å². The molecule has 0 unspecified atom stereocenters. The van der Waals surface area contributed by atoms with Gasteiger partial charge in [-0.1, -0.05) is 11.6 Å². The molecule has 3 heterocycles. The van der Waals surface area contributed by atoms with E-state index in [4.69, 9.17) is 23.1 Å². The Labute approximate surface area is 116 Å². The zero-order valence-corrected chi connectivity index (χ0v) is 10.9. The topological polar surface area (TPSA) is 121 Å². The second-order valence-corrected chi connectivity index (χ2v) is 4.87. The Balaban J connectivity index is 2.07. The molecule has 0 atom stereocenters. The third-order valence-corrected chi connectivity index (χ3v) is 3.19. The van der Waals surface area contributed by atoms with Gasteiger partial charge in [0.2, 0.25) is 0 Å². The van der Waals surface area contributed by atoms with Crippen LogP contribution >= 0.6 is 23.4 Å². The predicted molar refractivity (Wildman–Crippen MR) is 70.8 cm³/mol. The van der Waals surface area contributed by atoms with E-state index in [0.29, 0.717) is 32.7 Å². The maximum Gasteiger partial charge on any atom is 0.254 e.